The minimum Gasteiger partial charge on any atom is -0.756 e. The van der Waals surface area contributed by atoms with Gasteiger partial charge in [0, 0.05) is 13.0 Å². The lowest BCUT2D eigenvalue weighted by atomic mass is 10.0. The van der Waals surface area contributed by atoms with Gasteiger partial charge in [-0.1, -0.05) is 205 Å². The molecule has 2 unspecified atom stereocenters. The second kappa shape index (κ2) is 42.7. The van der Waals surface area contributed by atoms with E-state index in [1.165, 1.54) is 148 Å². The van der Waals surface area contributed by atoms with Crippen LogP contribution in [0.15, 0.2) is 24.3 Å². The highest BCUT2D eigenvalue weighted by atomic mass is 31.2. The van der Waals surface area contributed by atoms with Crippen molar-refractivity contribution in [1.29, 1.82) is 0 Å². The molecular weight excluding hydrogens is 746 g/mol. The molecule has 0 heterocycles. The molecule has 0 aromatic carbocycles. The van der Waals surface area contributed by atoms with Gasteiger partial charge >= 0.3 is 5.97 Å². The van der Waals surface area contributed by atoms with Crippen molar-refractivity contribution in [2.45, 2.75) is 232 Å². The van der Waals surface area contributed by atoms with Crippen molar-refractivity contribution >= 4 is 13.8 Å². The zero-order chi connectivity index (χ0) is 42.7. The third kappa shape index (κ3) is 46.1. The molecule has 0 N–H and O–H groups in total. The highest BCUT2D eigenvalue weighted by Crippen LogP contribution is 2.38. The second-order valence-corrected chi connectivity index (χ2v) is 19.2. The van der Waals surface area contributed by atoms with Gasteiger partial charge in [0.2, 0.25) is 0 Å². The number of esters is 1. The number of hydrogen-bond acceptors (Lipinski definition) is 7. The Balaban J connectivity index is 4.10. The summed E-state index contributed by atoms with van der Waals surface area (Å²) < 4.78 is 34.7. The van der Waals surface area contributed by atoms with E-state index in [4.69, 9.17) is 18.5 Å². The molecule has 0 radical (unpaired) electrons. The molecule has 8 nitrogen and oxygen atoms in total. The molecule has 0 amide bonds. The number of likely N-dealkylation sites (N-methyl/N-ethyl adjacent to an activating group) is 1. The van der Waals surface area contributed by atoms with E-state index >= 15 is 0 Å². The molecule has 344 valence electrons. The molecule has 0 aliphatic rings. The first kappa shape index (κ1) is 57.0. The maximum atomic E-state index is 12.7. The van der Waals surface area contributed by atoms with Crippen LogP contribution >= 0.6 is 7.82 Å². The Labute approximate surface area is 360 Å². The van der Waals surface area contributed by atoms with Crippen molar-refractivity contribution in [3.63, 3.8) is 0 Å². The van der Waals surface area contributed by atoms with E-state index < -0.39 is 13.9 Å². The lowest BCUT2D eigenvalue weighted by Gasteiger charge is -2.28. The number of unbranched alkanes of at least 4 members (excludes halogenated alkanes) is 28. The minimum absolute atomic E-state index is 0.0253. The number of phosphoric ester groups is 1. The zero-order valence-corrected chi connectivity index (χ0v) is 39.9. The van der Waals surface area contributed by atoms with Crippen molar-refractivity contribution in [3.8, 4) is 0 Å². The first-order valence-corrected chi connectivity index (χ1v) is 26.0. The maximum absolute atomic E-state index is 12.7. The van der Waals surface area contributed by atoms with Gasteiger partial charge in [-0.15, -0.1) is 0 Å². The Morgan fingerprint density at radius 2 is 0.966 bits per heavy atom. The van der Waals surface area contributed by atoms with Gasteiger partial charge in [-0.2, -0.15) is 0 Å². The molecule has 0 saturated heterocycles. The van der Waals surface area contributed by atoms with Crippen molar-refractivity contribution in [2.24, 2.45) is 0 Å². The Hall–Kier alpha value is -1.02. The van der Waals surface area contributed by atoms with E-state index in [-0.39, 0.29) is 25.8 Å². The Bertz CT molecular complexity index is 983. The number of phosphoric acid groups is 1. The first-order chi connectivity index (χ1) is 28.1. The summed E-state index contributed by atoms with van der Waals surface area (Å²) in [6.07, 6.45) is 49.2. The summed E-state index contributed by atoms with van der Waals surface area (Å²) in [6, 6.07) is 0. The fourth-order valence-electron chi connectivity index (χ4n) is 6.92. The number of carbonyl (C=O) groups is 1. The van der Waals surface area contributed by atoms with Crippen LogP contribution in [0.3, 0.4) is 0 Å². The summed E-state index contributed by atoms with van der Waals surface area (Å²) in [5, 5.41) is 0. The molecule has 0 spiro atoms. The van der Waals surface area contributed by atoms with Crippen molar-refractivity contribution < 1.29 is 37.3 Å². The molecule has 0 aliphatic heterocycles. The van der Waals surface area contributed by atoms with E-state index in [1.807, 2.05) is 21.1 Å². The average Bonchev–Trinajstić information content (AvgIpc) is 3.18. The number of quaternary nitrogens is 1. The lowest BCUT2D eigenvalue weighted by Crippen LogP contribution is -2.37. The Kier molecular flexibility index (Phi) is 41.9. The molecule has 0 aliphatic carbocycles. The maximum Gasteiger partial charge on any atom is 0.306 e. The third-order valence-corrected chi connectivity index (χ3v) is 11.7. The molecular formula is C49H96NO7P. The highest BCUT2D eigenvalue weighted by Gasteiger charge is 2.20. The normalized spacial score (nSPS) is 13.8. The van der Waals surface area contributed by atoms with E-state index in [1.54, 1.807) is 0 Å². The van der Waals surface area contributed by atoms with Gasteiger partial charge in [0.15, 0.2) is 0 Å². The smallest absolute Gasteiger partial charge is 0.306 e. The Morgan fingerprint density at radius 1 is 0.534 bits per heavy atom. The number of hydrogen-bond donors (Lipinski definition) is 0. The SMILES string of the molecule is CCCC/C=C\C/C=C\CCCCCCCC(=O)OC(COCCCCCCCCCCCCCCCCCCCCCCCC)COP(=O)([O-])OCC[N+](C)(C)C. The van der Waals surface area contributed by atoms with E-state index in [2.05, 4.69) is 38.2 Å². The van der Waals surface area contributed by atoms with Crippen molar-refractivity contribution in [1.82, 2.24) is 0 Å². The molecule has 0 saturated carbocycles. The summed E-state index contributed by atoms with van der Waals surface area (Å²) in [5.74, 6) is -0.344. The van der Waals surface area contributed by atoms with Crippen molar-refractivity contribution in [3.05, 3.63) is 24.3 Å². The highest BCUT2D eigenvalue weighted by molar-refractivity contribution is 7.45. The van der Waals surface area contributed by atoms with E-state index in [0.29, 0.717) is 24.1 Å². The summed E-state index contributed by atoms with van der Waals surface area (Å²) >= 11 is 0. The third-order valence-electron chi connectivity index (χ3n) is 10.8. The number of nitrogens with zero attached hydrogens (tertiary/aromatic N) is 1. The van der Waals surface area contributed by atoms with Gasteiger partial charge in [-0.25, -0.2) is 0 Å². The van der Waals surface area contributed by atoms with Crippen LogP contribution in [0.2, 0.25) is 0 Å². The number of rotatable bonds is 46. The standard InChI is InChI=1S/C49H96NO7P/c1-6-8-10-12-14-16-18-20-22-23-24-25-26-27-28-29-31-33-35-37-39-41-44-54-46-48(47-56-58(52,53)55-45-43-50(3,4)5)57-49(51)42-40-38-36-34-32-30-21-19-17-15-13-11-9-7-2/h13,15,19,21,48H,6-12,14,16-18,20,22-47H2,1-5H3/b15-13-,21-19-. The van der Waals surface area contributed by atoms with Crippen LogP contribution in [0.4, 0.5) is 0 Å². The monoisotopic (exact) mass is 842 g/mol. The molecule has 0 fully saturated rings. The topological polar surface area (TPSA) is 94.1 Å². The predicted molar refractivity (Wildman–Crippen MR) is 245 cm³/mol. The van der Waals surface area contributed by atoms with Crippen molar-refractivity contribution in [2.75, 3.05) is 54.1 Å². The second-order valence-electron chi connectivity index (χ2n) is 17.8. The molecule has 0 aromatic rings. The van der Waals surface area contributed by atoms with Gasteiger partial charge in [-0.3, -0.25) is 9.36 Å². The predicted octanol–water partition coefficient (Wildman–Crippen LogP) is 14.1. The van der Waals surface area contributed by atoms with Crippen LogP contribution < -0.4 is 4.89 Å². The summed E-state index contributed by atoms with van der Waals surface area (Å²) in [5.41, 5.74) is 0. The van der Waals surface area contributed by atoms with Gasteiger partial charge in [0.05, 0.1) is 34.4 Å². The summed E-state index contributed by atoms with van der Waals surface area (Å²) in [7, 11) is 1.36. The summed E-state index contributed by atoms with van der Waals surface area (Å²) in [6.45, 7) is 5.39. The number of carbonyl (C=O) groups excluding carboxylic acids is 1. The van der Waals surface area contributed by atoms with Crippen LogP contribution in [0.1, 0.15) is 226 Å². The zero-order valence-electron chi connectivity index (χ0n) is 39.0. The Morgan fingerprint density at radius 3 is 1.45 bits per heavy atom. The quantitative estimate of drug-likeness (QED) is 0.0198. The fourth-order valence-corrected chi connectivity index (χ4v) is 7.65. The first-order valence-electron chi connectivity index (χ1n) is 24.6. The molecule has 0 rings (SSSR count). The molecule has 9 heteroatoms. The molecule has 2 atom stereocenters. The minimum atomic E-state index is -4.53. The van der Waals surface area contributed by atoms with Crippen LogP contribution in [0, 0.1) is 0 Å². The largest absolute Gasteiger partial charge is 0.756 e. The summed E-state index contributed by atoms with van der Waals surface area (Å²) in [4.78, 5) is 25.1. The molecule has 0 bridgehead atoms. The van der Waals surface area contributed by atoms with Gasteiger partial charge in [0.25, 0.3) is 7.82 Å². The van der Waals surface area contributed by atoms with Crippen LogP contribution in [-0.4, -0.2) is 70.7 Å². The van der Waals surface area contributed by atoms with E-state index in [0.717, 1.165) is 57.8 Å². The van der Waals surface area contributed by atoms with Crippen LogP contribution in [0.5, 0.6) is 0 Å². The number of allylic oxidation sites excluding steroid dienone is 4. The average molecular weight is 842 g/mol. The lowest BCUT2D eigenvalue weighted by molar-refractivity contribution is -0.870. The van der Waals surface area contributed by atoms with Gasteiger partial charge < -0.3 is 27.9 Å². The van der Waals surface area contributed by atoms with Gasteiger partial charge in [0.1, 0.15) is 19.3 Å². The van der Waals surface area contributed by atoms with E-state index in [9.17, 15) is 14.3 Å². The number of ether oxygens (including phenoxy) is 2. The molecule has 0 aromatic heterocycles. The fraction of sp³-hybridized carbons (Fsp3) is 0.898. The van der Waals surface area contributed by atoms with Crippen LogP contribution in [0.25, 0.3) is 0 Å². The van der Waals surface area contributed by atoms with Gasteiger partial charge in [-0.05, 0) is 38.5 Å². The molecule has 58 heavy (non-hydrogen) atoms. The van der Waals surface area contributed by atoms with Crippen LogP contribution in [-0.2, 0) is 27.9 Å².